The van der Waals surface area contributed by atoms with Gasteiger partial charge in [-0.3, -0.25) is 4.79 Å². The second-order valence-electron chi connectivity index (χ2n) is 4.84. The van der Waals surface area contributed by atoms with Gasteiger partial charge in [0.05, 0.1) is 5.56 Å². The van der Waals surface area contributed by atoms with Crippen molar-refractivity contribution in [3.8, 4) is 5.75 Å². The normalized spacial score (nSPS) is 18.6. The van der Waals surface area contributed by atoms with E-state index in [1.807, 2.05) is 7.05 Å². The zero-order chi connectivity index (χ0) is 14.5. The first-order valence-electron chi connectivity index (χ1n) is 6.59. The third kappa shape index (κ3) is 3.45. The van der Waals surface area contributed by atoms with Gasteiger partial charge in [-0.25, -0.2) is 0 Å². The third-order valence-electron chi connectivity index (χ3n) is 3.40. The summed E-state index contributed by atoms with van der Waals surface area (Å²) in [7, 11) is 1.87. The molecule has 0 radical (unpaired) electrons. The van der Waals surface area contributed by atoms with Crippen molar-refractivity contribution in [3.05, 3.63) is 29.8 Å². The molecular weight excluding hydrogens is 266 g/mol. The number of carbonyl (C=O) groups excluding carboxylic acids is 1. The molecule has 1 aliphatic rings. The molecule has 1 heterocycles. The molecule has 1 fully saturated rings. The molecule has 20 heavy (non-hydrogen) atoms. The monoisotopic (exact) mass is 284 g/mol. The van der Waals surface area contributed by atoms with Crippen LogP contribution in [-0.2, 0) is 0 Å². The van der Waals surface area contributed by atoms with Crippen LogP contribution < -0.4 is 10.1 Å². The van der Waals surface area contributed by atoms with E-state index in [2.05, 4.69) is 10.1 Å². The van der Waals surface area contributed by atoms with Crippen LogP contribution in [0, 0.1) is 5.92 Å². The lowest BCUT2D eigenvalue weighted by Crippen LogP contribution is -2.30. The van der Waals surface area contributed by atoms with Crippen molar-refractivity contribution < 1.29 is 18.3 Å². The van der Waals surface area contributed by atoms with E-state index in [-0.39, 0.29) is 17.2 Å². The van der Waals surface area contributed by atoms with Crippen molar-refractivity contribution in [3.63, 3.8) is 0 Å². The molecule has 0 saturated carbocycles. The molecule has 6 heteroatoms. The molecule has 2 rings (SSSR count). The van der Waals surface area contributed by atoms with Crippen molar-refractivity contribution in [2.45, 2.75) is 13.0 Å². The van der Waals surface area contributed by atoms with E-state index in [1.54, 1.807) is 17.0 Å². The molecule has 0 bridgehead atoms. The summed E-state index contributed by atoms with van der Waals surface area (Å²) in [6.07, 6.45) is 0.921. The smallest absolute Gasteiger partial charge is 0.387 e. The molecule has 4 nitrogen and oxygen atoms in total. The molecule has 1 N–H and O–H groups in total. The highest BCUT2D eigenvalue weighted by atomic mass is 19.3. The van der Waals surface area contributed by atoms with Gasteiger partial charge in [-0.15, -0.1) is 0 Å². The van der Waals surface area contributed by atoms with Gasteiger partial charge in [-0.2, -0.15) is 8.78 Å². The summed E-state index contributed by atoms with van der Waals surface area (Å²) in [5.41, 5.74) is 0.193. The van der Waals surface area contributed by atoms with E-state index in [9.17, 15) is 13.6 Å². The SMILES string of the molecule is CNCC1CCN(C(=O)c2ccccc2OC(F)F)C1. The average Bonchev–Trinajstić information content (AvgIpc) is 2.87. The van der Waals surface area contributed by atoms with Crippen molar-refractivity contribution in [1.82, 2.24) is 10.2 Å². The van der Waals surface area contributed by atoms with Crippen LogP contribution >= 0.6 is 0 Å². The van der Waals surface area contributed by atoms with Gasteiger partial charge in [0, 0.05) is 13.1 Å². The van der Waals surface area contributed by atoms with Crippen molar-refractivity contribution in [1.29, 1.82) is 0 Å². The highest BCUT2D eigenvalue weighted by Crippen LogP contribution is 2.25. The number of rotatable bonds is 5. The number of nitrogens with zero attached hydrogens (tertiary/aromatic N) is 1. The van der Waals surface area contributed by atoms with Crippen LogP contribution in [-0.4, -0.2) is 44.1 Å². The van der Waals surface area contributed by atoms with Gasteiger partial charge in [0.25, 0.3) is 5.91 Å². The fourth-order valence-corrected chi connectivity index (χ4v) is 2.48. The van der Waals surface area contributed by atoms with E-state index in [1.165, 1.54) is 12.1 Å². The molecule has 1 saturated heterocycles. The van der Waals surface area contributed by atoms with Gasteiger partial charge in [0.15, 0.2) is 0 Å². The van der Waals surface area contributed by atoms with Gasteiger partial charge < -0.3 is 15.0 Å². The minimum absolute atomic E-state index is 0.0652. The van der Waals surface area contributed by atoms with E-state index in [0.29, 0.717) is 19.0 Å². The second-order valence-corrected chi connectivity index (χ2v) is 4.84. The molecular formula is C14H18F2N2O2. The fraction of sp³-hybridized carbons (Fsp3) is 0.500. The molecule has 0 aromatic heterocycles. The predicted octanol–water partition coefficient (Wildman–Crippen LogP) is 1.97. The Morgan fingerprint density at radius 1 is 1.50 bits per heavy atom. The molecule has 1 unspecified atom stereocenters. The van der Waals surface area contributed by atoms with Crippen LogP contribution in [0.5, 0.6) is 5.75 Å². The van der Waals surface area contributed by atoms with Crippen LogP contribution in [0.3, 0.4) is 0 Å². The molecule has 0 spiro atoms. The van der Waals surface area contributed by atoms with Gasteiger partial charge in [0.1, 0.15) is 5.75 Å². The summed E-state index contributed by atoms with van der Waals surface area (Å²) in [5, 5.41) is 3.08. The van der Waals surface area contributed by atoms with E-state index >= 15 is 0 Å². The number of para-hydroxylation sites is 1. The van der Waals surface area contributed by atoms with E-state index in [4.69, 9.17) is 0 Å². The minimum Gasteiger partial charge on any atom is -0.434 e. The molecule has 1 amide bonds. The number of hydrogen-bond acceptors (Lipinski definition) is 3. The van der Waals surface area contributed by atoms with Crippen LogP contribution in [0.4, 0.5) is 8.78 Å². The zero-order valence-electron chi connectivity index (χ0n) is 11.3. The maximum Gasteiger partial charge on any atom is 0.387 e. The first kappa shape index (κ1) is 14.7. The predicted molar refractivity (Wildman–Crippen MR) is 71.0 cm³/mol. The Morgan fingerprint density at radius 2 is 2.25 bits per heavy atom. The molecule has 1 aromatic carbocycles. The average molecular weight is 284 g/mol. The lowest BCUT2D eigenvalue weighted by Gasteiger charge is -2.18. The Hall–Kier alpha value is -1.69. The zero-order valence-corrected chi connectivity index (χ0v) is 11.3. The van der Waals surface area contributed by atoms with Gasteiger partial charge in [-0.1, -0.05) is 12.1 Å². The Kier molecular flexibility index (Phi) is 4.89. The number of nitrogens with one attached hydrogen (secondary N) is 1. The van der Waals surface area contributed by atoms with Crippen LogP contribution in [0.2, 0.25) is 0 Å². The lowest BCUT2D eigenvalue weighted by molar-refractivity contribution is -0.0502. The number of amides is 1. The van der Waals surface area contributed by atoms with Crippen molar-refractivity contribution in [2.75, 3.05) is 26.7 Å². The standard InChI is InChI=1S/C14H18F2N2O2/c1-17-8-10-6-7-18(9-10)13(19)11-4-2-3-5-12(11)20-14(15)16/h2-5,10,14,17H,6-9H2,1H3. The summed E-state index contributed by atoms with van der Waals surface area (Å²) < 4.78 is 29.1. The Morgan fingerprint density at radius 3 is 2.95 bits per heavy atom. The molecule has 1 aliphatic heterocycles. The van der Waals surface area contributed by atoms with E-state index in [0.717, 1.165) is 13.0 Å². The Labute approximate surface area is 116 Å². The number of alkyl halides is 2. The maximum atomic E-state index is 12.4. The third-order valence-corrected chi connectivity index (χ3v) is 3.40. The summed E-state index contributed by atoms with van der Waals surface area (Å²) in [6, 6.07) is 6.13. The highest BCUT2D eigenvalue weighted by molar-refractivity contribution is 5.97. The summed E-state index contributed by atoms with van der Waals surface area (Å²) in [4.78, 5) is 14.1. The van der Waals surface area contributed by atoms with Crippen LogP contribution in [0.1, 0.15) is 16.8 Å². The number of carbonyl (C=O) groups is 1. The van der Waals surface area contributed by atoms with Gasteiger partial charge in [-0.05, 0) is 38.1 Å². The van der Waals surface area contributed by atoms with Crippen molar-refractivity contribution in [2.24, 2.45) is 5.92 Å². The lowest BCUT2D eigenvalue weighted by atomic mass is 10.1. The first-order valence-corrected chi connectivity index (χ1v) is 6.59. The maximum absolute atomic E-state index is 12.4. The van der Waals surface area contributed by atoms with Crippen LogP contribution in [0.15, 0.2) is 24.3 Å². The minimum atomic E-state index is -2.93. The quantitative estimate of drug-likeness (QED) is 0.899. The Bertz CT molecular complexity index is 468. The van der Waals surface area contributed by atoms with Gasteiger partial charge >= 0.3 is 6.61 Å². The second kappa shape index (κ2) is 6.65. The largest absolute Gasteiger partial charge is 0.434 e. The number of hydrogen-bond donors (Lipinski definition) is 1. The number of halogens is 2. The highest BCUT2D eigenvalue weighted by Gasteiger charge is 2.28. The Balaban J connectivity index is 2.10. The summed E-state index contributed by atoms with van der Waals surface area (Å²) in [6.45, 7) is -0.796. The molecule has 110 valence electrons. The summed E-state index contributed by atoms with van der Waals surface area (Å²) in [5.74, 6) is 0.0940. The van der Waals surface area contributed by atoms with Crippen LogP contribution in [0.25, 0.3) is 0 Å². The van der Waals surface area contributed by atoms with Crippen molar-refractivity contribution >= 4 is 5.91 Å². The van der Waals surface area contributed by atoms with E-state index < -0.39 is 6.61 Å². The molecule has 1 aromatic rings. The number of ether oxygens (including phenoxy) is 1. The summed E-state index contributed by atoms with van der Waals surface area (Å²) >= 11 is 0. The number of benzene rings is 1. The fourth-order valence-electron chi connectivity index (χ4n) is 2.48. The topological polar surface area (TPSA) is 41.6 Å². The van der Waals surface area contributed by atoms with Gasteiger partial charge in [0.2, 0.25) is 0 Å². The molecule has 0 aliphatic carbocycles. The first-order chi connectivity index (χ1) is 9.61. The number of likely N-dealkylation sites (tertiary alicyclic amines) is 1. The molecule has 1 atom stereocenters.